The Labute approximate surface area is 98.6 Å². The lowest BCUT2D eigenvalue weighted by Gasteiger charge is -2.00. The molecule has 0 aliphatic carbocycles. The van der Waals surface area contributed by atoms with Crippen LogP contribution in [0.25, 0.3) is 0 Å². The molecule has 0 heterocycles. The zero-order chi connectivity index (χ0) is 10.8. The molecule has 0 saturated heterocycles. The van der Waals surface area contributed by atoms with Crippen molar-refractivity contribution in [3.8, 4) is 0 Å². The van der Waals surface area contributed by atoms with Crippen molar-refractivity contribution in [3.05, 3.63) is 0 Å². The van der Waals surface area contributed by atoms with E-state index in [0.29, 0.717) is 11.7 Å². The van der Waals surface area contributed by atoms with Crippen molar-refractivity contribution in [3.63, 3.8) is 0 Å². The van der Waals surface area contributed by atoms with Gasteiger partial charge >= 0.3 is 0 Å². The number of unbranched alkanes of at least 4 members (excludes halogenated alkanes) is 2. The molecular weight excluding hydrogens is 212 g/mol. The largest absolute Gasteiger partial charge is 0.381 e. The molecule has 0 atom stereocenters. The Morgan fingerprint density at radius 1 is 0.867 bits per heavy atom. The Kier molecular flexibility index (Phi) is 12.6. The quantitative estimate of drug-likeness (QED) is 0.417. The maximum Gasteiger partial charge on any atom is 0.161 e. The average Bonchev–Trinajstić information content (AvgIpc) is 2.18. The summed E-state index contributed by atoms with van der Waals surface area (Å²) in [5, 5.41) is 0. The van der Waals surface area contributed by atoms with Gasteiger partial charge in [0.15, 0.2) is 11.7 Å². The lowest BCUT2D eigenvalue weighted by molar-refractivity contribution is 0.804. The molecule has 0 bridgehead atoms. The van der Waals surface area contributed by atoms with Crippen molar-refractivity contribution in [1.29, 1.82) is 0 Å². The monoisotopic (exact) mass is 234 g/mol. The van der Waals surface area contributed by atoms with Crippen LogP contribution >= 0.6 is 12.4 Å². The molecule has 0 amide bonds. The first-order valence-electron chi connectivity index (χ1n) is 5.32. The summed E-state index contributed by atoms with van der Waals surface area (Å²) >= 11 is 0. The van der Waals surface area contributed by atoms with E-state index in [1.807, 2.05) is 0 Å². The smallest absolute Gasteiger partial charge is 0.161 e. The molecular formula is C10H23ClN4. The van der Waals surface area contributed by atoms with Crippen molar-refractivity contribution in [2.45, 2.75) is 39.5 Å². The number of amidine groups is 2. The standard InChI is InChI=1S/C10H22N4.ClH/c1-3-5-7-13-9(11)10(12)14-8-6-4-2;/h3-8H2,1-2H3,(H2,11,13)(H2,12,14);1H. The summed E-state index contributed by atoms with van der Waals surface area (Å²) in [5.41, 5.74) is 11.3. The fourth-order valence-corrected chi connectivity index (χ4v) is 0.877. The zero-order valence-corrected chi connectivity index (χ0v) is 10.5. The Hall–Kier alpha value is -0.770. The van der Waals surface area contributed by atoms with Gasteiger partial charge in [0.25, 0.3) is 0 Å². The minimum Gasteiger partial charge on any atom is -0.381 e. The lowest BCUT2D eigenvalue weighted by atomic mass is 10.3. The van der Waals surface area contributed by atoms with Crippen LogP contribution in [0.5, 0.6) is 0 Å². The van der Waals surface area contributed by atoms with Crippen LogP contribution in [0.3, 0.4) is 0 Å². The van der Waals surface area contributed by atoms with E-state index in [0.717, 1.165) is 38.8 Å². The van der Waals surface area contributed by atoms with Crippen molar-refractivity contribution in [2.75, 3.05) is 13.1 Å². The van der Waals surface area contributed by atoms with E-state index in [4.69, 9.17) is 11.5 Å². The summed E-state index contributed by atoms with van der Waals surface area (Å²) in [7, 11) is 0. The van der Waals surface area contributed by atoms with Crippen molar-refractivity contribution in [1.82, 2.24) is 0 Å². The second-order valence-electron chi connectivity index (χ2n) is 3.24. The topological polar surface area (TPSA) is 76.8 Å². The Morgan fingerprint density at radius 2 is 1.20 bits per heavy atom. The maximum atomic E-state index is 5.63. The summed E-state index contributed by atoms with van der Waals surface area (Å²) in [4.78, 5) is 8.26. The summed E-state index contributed by atoms with van der Waals surface area (Å²) in [5.74, 6) is 0.768. The van der Waals surface area contributed by atoms with Crippen LogP contribution in [0.15, 0.2) is 9.98 Å². The van der Waals surface area contributed by atoms with E-state index < -0.39 is 0 Å². The summed E-state index contributed by atoms with van der Waals surface area (Å²) in [6.07, 6.45) is 4.32. The second kappa shape index (κ2) is 11.3. The van der Waals surface area contributed by atoms with Gasteiger partial charge in [0.2, 0.25) is 0 Å². The third kappa shape index (κ3) is 9.53. The molecule has 0 radical (unpaired) electrons. The Bertz CT molecular complexity index is 180. The van der Waals surface area contributed by atoms with Crippen LogP contribution in [0.2, 0.25) is 0 Å². The molecule has 0 unspecified atom stereocenters. The SMILES string of the molecule is CCCCN=C(N)C(N)=NCCCC.Cl. The highest BCUT2D eigenvalue weighted by Gasteiger charge is 1.96. The molecule has 0 fully saturated rings. The van der Waals surface area contributed by atoms with E-state index in [9.17, 15) is 0 Å². The van der Waals surface area contributed by atoms with E-state index in [-0.39, 0.29) is 12.4 Å². The number of hydrogen-bond donors (Lipinski definition) is 2. The second-order valence-corrected chi connectivity index (χ2v) is 3.24. The van der Waals surface area contributed by atoms with Crippen LogP contribution in [0.1, 0.15) is 39.5 Å². The predicted molar refractivity (Wildman–Crippen MR) is 70.0 cm³/mol. The number of nitrogens with two attached hydrogens (primary N) is 2. The van der Waals surface area contributed by atoms with E-state index in [1.54, 1.807) is 0 Å². The van der Waals surface area contributed by atoms with Crippen LogP contribution in [-0.4, -0.2) is 24.8 Å². The van der Waals surface area contributed by atoms with Gasteiger partial charge in [-0.25, -0.2) is 0 Å². The molecule has 0 spiro atoms. The van der Waals surface area contributed by atoms with E-state index >= 15 is 0 Å². The molecule has 0 aliphatic rings. The average molecular weight is 235 g/mol. The van der Waals surface area contributed by atoms with Gasteiger partial charge in [0, 0.05) is 13.1 Å². The molecule has 0 aliphatic heterocycles. The fourth-order valence-electron chi connectivity index (χ4n) is 0.877. The number of rotatable bonds is 6. The van der Waals surface area contributed by atoms with E-state index in [2.05, 4.69) is 23.8 Å². The fraction of sp³-hybridized carbons (Fsp3) is 0.800. The summed E-state index contributed by atoms with van der Waals surface area (Å²) in [6.45, 7) is 5.72. The van der Waals surface area contributed by atoms with Gasteiger partial charge < -0.3 is 11.5 Å². The van der Waals surface area contributed by atoms with Gasteiger partial charge in [0.05, 0.1) is 0 Å². The highest BCUT2D eigenvalue weighted by molar-refractivity contribution is 6.39. The van der Waals surface area contributed by atoms with Crippen LogP contribution in [0, 0.1) is 0 Å². The maximum absolute atomic E-state index is 5.63. The van der Waals surface area contributed by atoms with Gasteiger partial charge in [0.1, 0.15) is 0 Å². The van der Waals surface area contributed by atoms with Crippen molar-refractivity contribution < 1.29 is 0 Å². The third-order valence-electron chi connectivity index (χ3n) is 1.85. The van der Waals surface area contributed by atoms with Gasteiger partial charge in [-0.2, -0.15) is 0 Å². The molecule has 90 valence electrons. The summed E-state index contributed by atoms with van der Waals surface area (Å²) in [6, 6.07) is 0. The molecule has 0 saturated carbocycles. The van der Waals surface area contributed by atoms with Crippen LogP contribution < -0.4 is 11.5 Å². The normalized spacial score (nSPS) is 12.4. The number of aliphatic imine (C=N–C) groups is 2. The summed E-state index contributed by atoms with van der Waals surface area (Å²) < 4.78 is 0. The number of hydrogen-bond acceptors (Lipinski definition) is 2. The molecule has 4 N–H and O–H groups in total. The van der Waals surface area contributed by atoms with Crippen molar-refractivity contribution >= 4 is 24.1 Å². The third-order valence-corrected chi connectivity index (χ3v) is 1.85. The zero-order valence-electron chi connectivity index (χ0n) is 9.70. The van der Waals surface area contributed by atoms with Crippen molar-refractivity contribution in [2.24, 2.45) is 21.5 Å². The van der Waals surface area contributed by atoms with Gasteiger partial charge in [-0.05, 0) is 12.8 Å². The first-order chi connectivity index (χ1) is 6.72. The Morgan fingerprint density at radius 3 is 1.47 bits per heavy atom. The first-order valence-corrected chi connectivity index (χ1v) is 5.32. The molecule has 15 heavy (non-hydrogen) atoms. The highest BCUT2D eigenvalue weighted by Crippen LogP contribution is 1.89. The molecule has 0 aromatic heterocycles. The molecule has 0 aromatic carbocycles. The first kappa shape index (κ1) is 16.7. The molecule has 0 aromatic rings. The number of nitrogens with zero attached hydrogens (tertiary/aromatic N) is 2. The lowest BCUT2D eigenvalue weighted by Crippen LogP contribution is -2.31. The minimum absolute atomic E-state index is 0. The van der Waals surface area contributed by atoms with Gasteiger partial charge in [-0.15, -0.1) is 12.4 Å². The number of halogens is 1. The molecule has 0 rings (SSSR count). The van der Waals surface area contributed by atoms with E-state index in [1.165, 1.54) is 0 Å². The van der Waals surface area contributed by atoms with Gasteiger partial charge in [-0.3, -0.25) is 9.98 Å². The minimum atomic E-state index is 0. The van der Waals surface area contributed by atoms with Gasteiger partial charge in [-0.1, -0.05) is 26.7 Å². The predicted octanol–water partition coefficient (Wildman–Crippen LogP) is 1.72. The molecule has 5 heteroatoms. The molecule has 4 nitrogen and oxygen atoms in total. The van der Waals surface area contributed by atoms with Crippen LogP contribution in [0.4, 0.5) is 0 Å². The Balaban J connectivity index is 0. The van der Waals surface area contributed by atoms with Crippen LogP contribution in [-0.2, 0) is 0 Å². The highest BCUT2D eigenvalue weighted by atomic mass is 35.5.